The zero-order chi connectivity index (χ0) is 21.9. The zero-order valence-electron chi connectivity index (χ0n) is 16.0. The lowest BCUT2D eigenvalue weighted by molar-refractivity contribution is -0.386. The zero-order valence-corrected chi connectivity index (χ0v) is 16.8. The Morgan fingerprint density at radius 1 is 1.17 bits per heavy atom. The Morgan fingerprint density at radius 3 is 2.50 bits per heavy atom. The van der Waals surface area contributed by atoms with Crippen LogP contribution in [0.25, 0.3) is 12.2 Å². The fraction of sp³-hybridized carbons (Fsp3) is 0.100. The molecule has 1 aromatic heterocycles. The highest BCUT2D eigenvalue weighted by atomic mass is 32.2. The molecule has 30 heavy (non-hydrogen) atoms. The lowest BCUT2D eigenvalue weighted by atomic mass is 10.1. The molecule has 1 N–H and O–H groups in total. The molecule has 0 saturated heterocycles. The van der Waals surface area contributed by atoms with Crippen LogP contribution in [-0.2, 0) is 10.0 Å². The van der Waals surface area contributed by atoms with Crippen LogP contribution in [-0.4, -0.2) is 24.3 Å². The first-order valence-corrected chi connectivity index (χ1v) is 10.2. The maximum atomic E-state index is 12.6. The molecule has 3 aromatic rings. The van der Waals surface area contributed by atoms with Gasteiger partial charge < -0.3 is 4.52 Å². The van der Waals surface area contributed by atoms with Crippen LogP contribution in [0.5, 0.6) is 0 Å². The Hall–Kier alpha value is -3.79. The van der Waals surface area contributed by atoms with Gasteiger partial charge in [-0.1, -0.05) is 35.5 Å². The monoisotopic (exact) mass is 427 g/mol. The second-order valence-corrected chi connectivity index (χ2v) is 8.07. The lowest BCUT2D eigenvalue weighted by Gasteiger charge is -2.09. The fourth-order valence-corrected chi connectivity index (χ4v) is 3.71. The van der Waals surface area contributed by atoms with E-state index in [9.17, 15) is 23.3 Å². The normalized spacial score (nSPS) is 11.5. The summed E-state index contributed by atoms with van der Waals surface area (Å²) in [5.74, 6) is -0.171. The van der Waals surface area contributed by atoms with Gasteiger partial charge in [0.05, 0.1) is 9.82 Å². The molecular formula is C20H17N3O6S. The fourth-order valence-electron chi connectivity index (χ4n) is 2.66. The summed E-state index contributed by atoms with van der Waals surface area (Å²) < 4.78 is 32.5. The van der Waals surface area contributed by atoms with Gasteiger partial charge in [0.25, 0.3) is 10.0 Å². The van der Waals surface area contributed by atoms with Gasteiger partial charge in [0.15, 0.2) is 11.5 Å². The van der Waals surface area contributed by atoms with E-state index in [-0.39, 0.29) is 33.5 Å². The largest absolute Gasteiger partial charge is 0.349 e. The minimum absolute atomic E-state index is 0.00113. The number of rotatable bonds is 7. The van der Waals surface area contributed by atoms with Crippen molar-refractivity contribution in [3.63, 3.8) is 0 Å². The third kappa shape index (κ3) is 4.61. The van der Waals surface area contributed by atoms with E-state index in [1.807, 2.05) is 0 Å². The van der Waals surface area contributed by atoms with Crippen molar-refractivity contribution in [2.75, 3.05) is 4.72 Å². The Labute approximate surface area is 172 Å². The predicted molar refractivity (Wildman–Crippen MR) is 111 cm³/mol. The molecule has 9 nitrogen and oxygen atoms in total. The van der Waals surface area contributed by atoms with E-state index in [2.05, 4.69) is 9.88 Å². The maximum absolute atomic E-state index is 12.6. The van der Waals surface area contributed by atoms with Crippen LogP contribution in [0.4, 0.5) is 11.4 Å². The SMILES string of the molecule is CC(=O)c1cccc(NS(=O)(=O)c2ccc(C=Cc3onc(C)c3[N+](=O)[O-])cc2)c1. The molecular weight excluding hydrogens is 410 g/mol. The number of aryl methyl sites for hydroxylation is 1. The van der Waals surface area contributed by atoms with Crippen molar-refractivity contribution in [3.05, 3.63) is 81.2 Å². The van der Waals surface area contributed by atoms with Crippen molar-refractivity contribution in [3.8, 4) is 0 Å². The van der Waals surface area contributed by atoms with Gasteiger partial charge in [-0.25, -0.2) is 8.42 Å². The molecule has 0 spiro atoms. The van der Waals surface area contributed by atoms with Crippen molar-refractivity contribution < 1.29 is 22.7 Å². The van der Waals surface area contributed by atoms with Crippen LogP contribution in [0.15, 0.2) is 57.9 Å². The highest BCUT2D eigenvalue weighted by Crippen LogP contribution is 2.25. The van der Waals surface area contributed by atoms with Crippen molar-refractivity contribution in [1.29, 1.82) is 0 Å². The summed E-state index contributed by atoms with van der Waals surface area (Å²) in [5.41, 5.74) is 1.23. The van der Waals surface area contributed by atoms with Crippen molar-refractivity contribution in [1.82, 2.24) is 5.16 Å². The van der Waals surface area contributed by atoms with Crippen LogP contribution >= 0.6 is 0 Å². The van der Waals surface area contributed by atoms with Crippen molar-refractivity contribution in [2.24, 2.45) is 0 Å². The summed E-state index contributed by atoms with van der Waals surface area (Å²) in [7, 11) is -3.86. The third-order valence-corrected chi connectivity index (χ3v) is 5.58. The molecule has 0 aliphatic rings. The molecule has 0 aliphatic heterocycles. The van der Waals surface area contributed by atoms with Crippen molar-refractivity contribution >= 4 is 39.3 Å². The summed E-state index contributed by atoms with van der Waals surface area (Å²) >= 11 is 0. The van der Waals surface area contributed by atoms with E-state index in [1.54, 1.807) is 36.4 Å². The molecule has 0 fully saturated rings. The second kappa shape index (κ2) is 8.29. The third-order valence-electron chi connectivity index (χ3n) is 4.18. The van der Waals surface area contributed by atoms with E-state index in [0.29, 0.717) is 11.1 Å². The van der Waals surface area contributed by atoms with Crippen LogP contribution < -0.4 is 4.72 Å². The van der Waals surface area contributed by atoms with Crippen LogP contribution in [0.2, 0.25) is 0 Å². The number of hydrogen-bond acceptors (Lipinski definition) is 7. The summed E-state index contributed by atoms with van der Waals surface area (Å²) in [5, 5.41) is 14.6. The summed E-state index contributed by atoms with van der Waals surface area (Å²) in [6.07, 6.45) is 2.94. The highest BCUT2D eigenvalue weighted by Gasteiger charge is 2.22. The Bertz CT molecular complexity index is 1240. The first-order chi connectivity index (χ1) is 14.2. The number of benzene rings is 2. The molecule has 2 aromatic carbocycles. The first kappa shape index (κ1) is 20.9. The van der Waals surface area contributed by atoms with Gasteiger partial charge in [-0.2, -0.15) is 0 Å². The van der Waals surface area contributed by atoms with Gasteiger partial charge in [0.2, 0.25) is 5.76 Å². The van der Waals surface area contributed by atoms with Gasteiger partial charge in [0.1, 0.15) is 0 Å². The van der Waals surface area contributed by atoms with E-state index in [1.165, 1.54) is 38.1 Å². The Balaban J connectivity index is 1.79. The quantitative estimate of drug-likeness (QED) is 0.341. The second-order valence-electron chi connectivity index (χ2n) is 6.38. The molecule has 10 heteroatoms. The summed E-state index contributed by atoms with van der Waals surface area (Å²) in [4.78, 5) is 22.0. The number of aromatic nitrogens is 1. The number of Topliss-reactive ketones (excluding diaryl/α,β-unsaturated/α-hetero) is 1. The molecule has 3 rings (SSSR count). The highest BCUT2D eigenvalue weighted by molar-refractivity contribution is 7.92. The maximum Gasteiger partial charge on any atom is 0.338 e. The van der Waals surface area contributed by atoms with E-state index >= 15 is 0 Å². The van der Waals surface area contributed by atoms with Crippen LogP contribution in [0.1, 0.15) is 34.3 Å². The summed E-state index contributed by atoms with van der Waals surface area (Å²) in [6.45, 7) is 2.87. The van der Waals surface area contributed by atoms with Gasteiger partial charge in [0, 0.05) is 11.3 Å². The first-order valence-electron chi connectivity index (χ1n) is 8.70. The van der Waals surface area contributed by atoms with Crippen LogP contribution in [0.3, 0.4) is 0 Å². The van der Waals surface area contributed by atoms with Crippen molar-refractivity contribution in [2.45, 2.75) is 18.7 Å². The van der Waals surface area contributed by atoms with Gasteiger partial charge >= 0.3 is 5.69 Å². The Morgan fingerprint density at radius 2 is 1.87 bits per heavy atom. The average molecular weight is 427 g/mol. The average Bonchev–Trinajstić information content (AvgIpc) is 3.07. The smallest absolute Gasteiger partial charge is 0.338 e. The predicted octanol–water partition coefficient (Wildman–Crippen LogP) is 4.07. The van der Waals surface area contributed by atoms with E-state index < -0.39 is 14.9 Å². The molecule has 1 heterocycles. The standard InChI is InChI=1S/C20H17N3O6S/c1-13-20(23(25)26)19(29-21-13)11-8-15-6-9-18(10-7-15)30(27,28)22-17-5-3-4-16(12-17)14(2)24/h3-12,22H,1-2H3. The summed E-state index contributed by atoms with van der Waals surface area (Å²) in [6, 6.07) is 12.1. The van der Waals surface area contributed by atoms with Gasteiger partial charge in [-0.05, 0) is 49.8 Å². The molecule has 0 unspecified atom stereocenters. The number of carbonyl (C=O) groups is 1. The van der Waals surface area contributed by atoms with Crippen LogP contribution in [0, 0.1) is 17.0 Å². The molecule has 0 aliphatic carbocycles. The molecule has 0 amide bonds. The van der Waals surface area contributed by atoms with Gasteiger partial charge in [-0.15, -0.1) is 0 Å². The molecule has 154 valence electrons. The number of nitrogens with one attached hydrogen (secondary N) is 1. The van der Waals surface area contributed by atoms with E-state index in [0.717, 1.165) is 0 Å². The minimum Gasteiger partial charge on any atom is -0.349 e. The lowest BCUT2D eigenvalue weighted by Crippen LogP contribution is -2.13. The minimum atomic E-state index is -3.86. The number of nitrogens with zero attached hydrogens (tertiary/aromatic N) is 2. The topological polar surface area (TPSA) is 132 Å². The molecule has 0 bridgehead atoms. The number of sulfonamides is 1. The van der Waals surface area contributed by atoms with E-state index in [4.69, 9.17) is 4.52 Å². The number of carbonyl (C=O) groups excluding carboxylic acids is 1. The Kier molecular flexibility index (Phi) is 5.79. The van der Waals surface area contributed by atoms with Gasteiger partial charge in [-0.3, -0.25) is 19.6 Å². The number of nitro groups is 1. The molecule has 0 saturated carbocycles. The number of ketones is 1. The number of hydrogen-bond donors (Lipinski definition) is 1. The number of anilines is 1. The molecule has 0 radical (unpaired) electrons. The molecule has 0 atom stereocenters.